The van der Waals surface area contributed by atoms with Crippen molar-refractivity contribution in [3.05, 3.63) is 5.51 Å². The summed E-state index contributed by atoms with van der Waals surface area (Å²) in [6.07, 6.45) is 0. The minimum absolute atomic E-state index is 0.315. The van der Waals surface area contributed by atoms with E-state index in [-0.39, 0.29) is 6.67 Å². The summed E-state index contributed by atoms with van der Waals surface area (Å²) in [5.74, 6) is 0. The van der Waals surface area contributed by atoms with Crippen LogP contribution in [0.2, 0.25) is 0 Å². The molecule has 0 aromatic carbocycles. The summed E-state index contributed by atoms with van der Waals surface area (Å²) >= 11 is 1.36. The van der Waals surface area contributed by atoms with Crippen LogP contribution in [0.15, 0.2) is 5.51 Å². The Balaban J connectivity index is 2.30. The molecule has 0 saturated heterocycles. The number of rotatable bonds is 3. The molecule has 50 valence electrons. The highest BCUT2D eigenvalue weighted by molar-refractivity contribution is 7.13. The third-order valence-corrected chi connectivity index (χ3v) is 1.38. The number of halogens is 1. The van der Waals surface area contributed by atoms with E-state index in [1.807, 2.05) is 0 Å². The summed E-state index contributed by atoms with van der Waals surface area (Å²) in [6.45, 7) is -0.0607. The number of nitrogens with one attached hydrogen (secondary N) is 1. The van der Waals surface area contributed by atoms with Crippen molar-refractivity contribution >= 4 is 16.5 Å². The number of nitrogens with zero attached hydrogens (tertiary/aromatic N) is 2. The molecule has 0 spiro atoms. The molecule has 0 amide bonds. The maximum Gasteiger partial charge on any atom is 0.205 e. The smallest absolute Gasteiger partial charge is 0.205 e. The van der Waals surface area contributed by atoms with Gasteiger partial charge in [-0.05, 0) is 0 Å². The molecule has 5 heteroatoms. The van der Waals surface area contributed by atoms with Crippen molar-refractivity contribution < 1.29 is 4.39 Å². The monoisotopic (exact) mass is 147 g/mol. The Kier molecular flexibility index (Phi) is 2.38. The van der Waals surface area contributed by atoms with Crippen LogP contribution in [-0.4, -0.2) is 23.4 Å². The fourth-order valence-corrected chi connectivity index (χ4v) is 0.878. The summed E-state index contributed by atoms with van der Waals surface area (Å²) in [6, 6.07) is 0. The first-order chi connectivity index (χ1) is 4.43. The van der Waals surface area contributed by atoms with Crippen LogP contribution >= 0.6 is 11.3 Å². The summed E-state index contributed by atoms with van der Waals surface area (Å²) in [5.41, 5.74) is 1.60. The highest BCUT2D eigenvalue weighted by Crippen LogP contribution is 2.06. The Morgan fingerprint density at radius 2 is 2.67 bits per heavy atom. The van der Waals surface area contributed by atoms with Gasteiger partial charge in [0, 0.05) is 6.54 Å². The number of anilines is 1. The van der Waals surface area contributed by atoms with Crippen LogP contribution in [-0.2, 0) is 0 Å². The molecule has 0 bridgehead atoms. The topological polar surface area (TPSA) is 37.8 Å². The summed E-state index contributed by atoms with van der Waals surface area (Å²) < 4.78 is 11.5. The first kappa shape index (κ1) is 6.41. The van der Waals surface area contributed by atoms with Crippen molar-refractivity contribution in [3.63, 3.8) is 0 Å². The van der Waals surface area contributed by atoms with Gasteiger partial charge in [-0.2, -0.15) is 0 Å². The molecule has 0 unspecified atom stereocenters. The molecule has 0 aliphatic heterocycles. The van der Waals surface area contributed by atoms with Crippen molar-refractivity contribution in [2.45, 2.75) is 0 Å². The molecular formula is C4H6FN3S. The highest BCUT2D eigenvalue weighted by Gasteiger charge is 1.91. The fraction of sp³-hybridized carbons (Fsp3) is 0.500. The molecule has 0 saturated carbocycles. The molecule has 0 atom stereocenters. The highest BCUT2D eigenvalue weighted by atomic mass is 32.1. The lowest BCUT2D eigenvalue weighted by atomic mass is 10.7. The predicted molar refractivity (Wildman–Crippen MR) is 34.4 cm³/mol. The second-order valence-electron chi connectivity index (χ2n) is 1.36. The zero-order valence-corrected chi connectivity index (χ0v) is 5.49. The summed E-state index contributed by atoms with van der Waals surface area (Å²) in [7, 11) is 0. The van der Waals surface area contributed by atoms with Crippen LogP contribution in [0.4, 0.5) is 9.52 Å². The van der Waals surface area contributed by atoms with E-state index in [0.717, 1.165) is 0 Å². The van der Waals surface area contributed by atoms with E-state index in [1.165, 1.54) is 11.3 Å². The molecular weight excluding hydrogens is 141 g/mol. The van der Waals surface area contributed by atoms with E-state index >= 15 is 0 Å². The Bertz CT molecular complexity index is 153. The van der Waals surface area contributed by atoms with Gasteiger partial charge < -0.3 is 5.32 Å². The quantitative estimate of drug-likeness (QED) is 0.690. The van der Waals surface area contributed by atoms with Crippen LogP contribution < -0.4 is 5.32 Å². The summed E-state index contributed by atoms with van der Waals surface area (Å²) in [4.78, 5) is 0. The SMILES string of the molecule is FCCNc1nncs1. The molecule has 1 N–H and O–H groups in total. The van der Waals surface area contributed by atoms with Gasteiger partial charge in [0.1, 0.15) is 12.2 Å². The number of hydrogen-bond donors (Lipinski definition) is 1. The van der Waals surface area contributed by atoms with Crippen molar-refractivity contribution in [1.29, 1.82) is 0 Å². The first-order valence-corrected chi connectivity index (χ1v) is 3.37. The van der Waals surface area contributed by atoms with E-state index in [9.17, 15) is 4.39 Å². The number of aromatic nitrogens is 2. The van der Waals surface area contributed by atoms with Crippen LogP contribution in [0.1, 0.15) is 0 Å². The molecule has 1 aromatic rings. The Morgan fingerprint density at radius 1 is 1.78 bits per heavy atom. The standard InChI is InChI=1S/C4H6FN3S/c5-1-2-6-4-8-7-3-9-4/h3H,1-2H2,(H,6,8). The normalized spacial score (nSPS) is 9.44. The van der Waals surface area contributed by atoms with Crippen LogP contribution in [0, 0.1) is 0 Å². The van der Waals surface area contributed by atoms with Gasteiger partial charge in [0.15, 0.2) is 0 Å². The molecule has 1 heterocycles. The minimum atomic E-state index is -0.375. The van der Waals surface area contributed by atoms with Gasteiger partial charge in [-0.15, -0.1) is 10.2 Å². The number of alkyl halides is 1. The lowest BCUT2D eigenvalue weighted by Gasteiger charge is -1.92. The lowest BCUT2D eigenvalue weighted by molar-refractivity contribution is 0.512. The first-order valence-electron chi connectivity index (χ1n) is 2.49. The molecule has 1 aromatic heterocycles. The zero-order chi connectivity index (χ0) is 6.53. The third kappa shape index (κ3) is 1.93. The van der Waals surface area contributed by atoms with Crippen molar-refractivity contribution in [2.75, 3.05) is 18.5 Å². The third-order valence-electron chi connectivity index (χ3n) is 0.731. The van der Waals surface area contributed by atoms with Gasteiger partial charge in [-0.3, -0.25) is 0 Å². The largest absolute Gasteiger partial charge is 0.357 e. The van der Waals surface area contributed by atoms with E-state index < -0.39 is 0 Å². The van der Waals surface area contributed by atoms with E-state index in [2.05, 4.69) is 15.5 Å². The molecule has 9 heavy (non-hydrogen) atoms. The van der Waals surface area contributed by atoms with E-state index in [1.54, 1.807) is 5.51 Å². The molecule has 0 fully saturated rings. The van der Waals surface area contributed by atoms with Gasteiger partial charge in [-0.25, -0.2) is 4.39 Å². The van der Waals surface area contributed by atoms with E-state index in [4.69, 9.17) is 0 Å². The lowest BCUT2D eigenvalue weighted by Crippen LogP contribution is -2.01. The average molecular weight is 147 g/mol. The molecule has 0 aliphatic carbocycles. The van der Waals surface area contributed by atoms with Crippen molar-refractivity contribution in [2.24, 2.45) is 0 Å². The number of hydrogen-bond acceptors (Lipinski definition) is 4. The predicted octanol–water partition coefficient (Wildman–Crippen LogP) is 0.919. The zero-order valence-electron chi connectivity index (χ0n) is 4.67. The van der Waals surface area contributed by atoms with Gasteiger partial charge in [0.05, 0.1) is 0 Å². The Morgan fingerprint density at radius 3 is 3.22 bits per heavy atom. The van der Waals surface area contributed by atoms with Crippen molar-refractivity contribution in [3.8, 4) is 0 Å². The van der Waals surface area contributed by atoms with Crippen molar-refractivity contribution in [1.82, 2.24) is 10.2 Å². The maximum absolute atomic E-state index is 11.5. The second-order valence-corrected chi connectivity index (χ2v) is 2.19. The van der Waals surface area contributed by atoms with Gasteiger partial charge in [0.25, 0.3) is 0 Å². The van der Waals surface area contributed by atoms with Gasteiger partial charge in [0.2, 0.25) is 5.13 Å². The van der Waals surface area contributed by atoms with E-state index in [0.29, 0.717) is 11.7 Å². The molecule has 0 radical (unpaired) electrons. The fourth-order valence-electron chi connectivity index (χ4n) is 0.404. The Labute approximate surface area is 55.9 Å². The maximum atomic E-state index is 11.5. The van der Waals surface area contributed by atoms with Crippen LogP contribution in [0.25, 0.3) is 0 Å². The summed E-state index contributed by atoms with van der Waals surface area (Å²) in [5, 5.41) is 10.6. The Hall–Kier alpha value is -0.710. The van der Waals surface area contributed by atoms with Crippen LogP contribution in [0.3, 0.4) is 0 Å². The molecule has 0 aliphatic rings. The minimum Gasteiger partial charge on any atom is -0.357 e. The van der Waals surface area contributed by atoms with Gasteiger partial charge >= 0.3 is 0 Å². The second kappa shape index (κ2) is 3.34. The average Bonchev–Trinajstić information content (AvgIpc) is 2.34. The van der Waals surface area contributed by atoms with Gasteiger partial charge in [-0.1, -0.05) is 11.3 Å². The van der Waals surface area contributed by atoms with Crippen LogP contribution in [0.5, 0.6) is 0 Å². The molecule has 1 rings (SSSR count). The molecule has 3 nitrogen and oxygen atoms in total.